The first-order chi connectivity index (χ1) is 13.0. The molecule has 0 aromatic carbocycles. The molecule has 27 heavy (non-hydrogen) atoms. The van der Waals surface area contributed by atoms with Crippen molar-refractivity contribution in [2.75, 3.05) is 32.9 Å². The molecule has 0 saturated carbocycles. The molecule has 0 bridgehead atoms. The summed E-state index contributed by atoms with van der Waals surface area (Å²) in [4.78, 5) is 0. The fourth-order valence-electron chi connectivity index (χ4n) is 3.50. The third kappa shape index (κ3) is 13.6. The third-order valence-electron chi connectivity index (χ3n) is 5.05. The van der Waals surface area contributed by atoms with Crippen molar-refractivity contribution in [2.24, 2.45) is 0 Å². The lowest BCUT2D eigenvalue weighted by Gasteiger charge is -2.49. The van der Waals surface area contributed by atoms with E-state index >= 15 is 0 Å². The molecule has 3 N–H and O–H groups in total. The van der Waals surface area contributed by atoms with Gasteiger partial charge in [-0.15, -0.1) is 0 Å². The van der Waals surface area contributed by atoms with Crippen LogP contribution in [-0.2, 0) is 4.74 Å². The largest absolute Gasteiger partial charge is 0.631 e. The molecule has 0 spiro atoms. The maximum Gasteiger partial charge on any atom is 0.219 e. The topological polar surface area (TPSA) is 93.0 Å². The minimum atomic E-state index is -0.886. The van der Waals surface area contributed by atoms with E-state index in [1.165, 1.54) is 51.4 Å². The van der Waals surface area contributed by atoms with E-state index < -0.39 is 17.0 Å². The van der Waals surface area contributed by atoms with Crippen LogP contribution in [0.3, 0.4) is 0 Å². The predicted octanol–water partition coefficient (Wildman–Crippen LogP) is 3.71. The van der Waals surface area contributed by atoms with Gasteiger partial charge in [-0.3, -0.25) is 0 Å². The number of hydrogen-bond donors (Lipinski definition) is 3. The molecule has 0 aliphatic carbocycles. The quantitative estimate of drug-likeness (QED) is 0.127. The summed E-state index contributed by atoms with van der Waals surface area (Å²) in [7, 11) is 0. The SMILES string of the molecule is CCCCCCCCCCCCOC(C(C)O)[N+]([O-])(CCCO)CCCO. The van der Waals surface area contributed by atoms with Crippen LogP contribution in [0.15, 0.2) is 0 Å². The van der Waals surface area contributed by atoms with Crippen LogP contribution in [0.1, 0.15) is 90.9 Å². The molecule has 164 valence electrons. The van der Waals surface area contributed by atoms with E-state index in [0.29, 0.717) is 19.4 Å². The summed E-state index contributed by atoms with van der Waals surface area (Å²) in [6.45, 7) is 4.52. The standard InChI is InChI=1S/C21H45NO5/c1-3-4-5-6-7-8-9-10-11-12-19-27-21(20(2)25)22(26,15-13-17-23)16-14-18-24/h20-21,23-25H,3-19H2,1-2H3. The Kier molecular flexibility index (Phi) is 17.7. The number of hydroxylamine groups is 3. The number of nitrogens with zero attached hydrogens (tertiary/aromatic N) is 1. The first-order valence-electron chi connectivity index (χ1n) is 11.1. The average Bonchev–Trinajstić information content (AvgIpc) is 2.65. The predicted molar refractivity (Wildman–Crippen MR) is 110 cm³/mol. The number of ether oxygens (including phenoxy) is 1. The Morgan fingerprint density at radius 2 is 1.22 bits per heavy atom. The number of aliphatic hydroxyl groups is 3. The first-order valence-corrected chi connectivity index (χ1v) is 11.1. The zero-order valence-electron chi connectivity index (χ0n) is 17.8. The van der Waals surface area contributed by atoms with Gasteiger partial charge < -0.3 is 29.9 Å². The summed E-state index contributed by atoms with van der Waals surface area (Å²) in [5, 5.41) is 41.2. The molecule has 0 amide bonds. The number of aliphatic hydroxyl groups excluding tert-OH is 3. The highest BCUT2D eigenvalue weighted by atomic mass is 16.6. The second kappa shape index (κ2) is 17.8. The fraction of sp³-hybridized carbons (Fsp3) is 1.00. The summed E-state index contributed by atoms with van der Waals surface area (Å²) in [6, 6.07) is 0. The molecular formula is C21H45NO5. The molecule has 0 heterocycles. The van der Waals surface area contributed by atoms with Crippen LogP contribution in [-0.4, -0.2) is 65.2 Å². The van der Waals surface area contributed by atoms with Crippen molar-refractivity contribution in [3.05, 3.63) is 5.21 Å². The molecule has 0 rings (SSSR count). The minimum absolute atomic E-state index is 0.0632. The lowest BCUT2D eigenvalue weighted by molar-refractivity contribution is -0.932. The van der Waals surface area contributed by atoms with Crippen LogP contribution < -0.4 is 0 Å². The molecule has 6 heteroatoms. The molecule has 6 nitrogen and oxygen atoms in total. The summed E-state index contributed by atoms with van der Waals surface area (Å²) >= 11 is 0. The van der Waals surface area contributed by atoms with Gasteiger partial charge in [0.05, 0.1) is 19.7 Å². The molecule has 0 aliphatic heterocycles. The minimum Gasteiger partial charge on any atom is -0.631 e. The number of rotatable bonds is 20. The molecule has 0 aliphatic rings. The fourth-order valence-corrected chi connectivity index (χ4v) is 3.50. The molecule has 0 fully saturated rings. The van der Waals surface area contributed by atoms with Gasteiger partial charge in [-0.25, -0.2) is 0 Å². The summed E-state index contributed by atoms with van der Waals surface area (Å²) in [6.07, 6.45) is 11.3. The van der Waals surface area contributed by atoms with Gasteiger partial charge in [0.25, 0.3) is 0 Å². The monoisotopic (exact) mass is 391 g/mol. The van der Waals surface area contributed by atoms with Gasteiger partial charge in [0.15, 0.2) is 0 Å². The van der Waals surface area contributed by atoms with Crippen molar-refractivity contribution in [1.29, 1.82) is 0 Å². The van der Waals surface area contributed by atoms with Crippen LogP contribution >= 0.6 is 0 Å². The van der Waals surface area contributed by atoms with Gasteiger partial charge in [-0.2, -0.15) is 0 Å². The van der Waals surface area contributed by atoms with Gasteiger partial charge in [0, 0.05) is 26.1 Å². The first kappa shape index (κ1) is 26.8. The second-order valence-corrected chi connectivity index (χ2v) is 7.74. The number of hydrogen-bond acceptors (Lipinski definition) is 5. The van der Waals surface area contributed by atoms with E-state index in [1.54, 1.807) is 6.92 Å². The van der Waals surface area contributed by atoms with Gasteiger partial charge in [0.1, 0.15) is 6.10 Å². The van der Waals surface area contributed by atoms with Crippen LogP contribution in [0.4, 0.5) is 0 Å². The van der Waals surface area contributed by atoms with Crippen LogP contribution in [0, 0.1) is 5.21 Å². The van der Waals surface area contributed by atoms with Crippen molar-refractivity contribution in [3.8, 4) is 0 Å². The average molecular weight is 392 g/mol. The van der Waals surface area contributed by atoms with E-state index in [1.807, 2.05) is 0 Å². The molecule has 0 radical (unpaired) electrons. The Balaban J connectivity index is 4.08. The number of quaternary nitrogens is 1. The highest BCUT2D eigenvalue weighted by molar-refractivity contribution is 4.60. The van der Waals surface area contributed by atoms with Crippen LogP contribution in [0.25, 0.3) is 0 Å². The number of unbranched alkanes of at least 4 members (excludes halogenated alkanes) is 9. The maximum absolute atomic E-state index is 13.1. The highest BCUT2D eigenvalue weighted by Crippen LogP contribution is 2.20. The van der Waals surface area contributed by atoms with Crippen molar-refractivity contribution >= 4 is 0 Å². The van der Waals surface area contributed by atoms with E-state index in [4.69, 9.17) is 14.9 Å². The molecule has 2 unspecified atom stereocenters. The van der Waals surface area contributed by atoms with Crippen molar-refractivity contribution in [3.63, 3.8) is 0 Å². The summed E-state index contributed by atoms with van der Waals surface area (Å²) in [5.74, 6) is 0. The van der Waals surface area contributed by atoms with E-state index in [2.05, 4.69) is 6.92 Å². The Bertz CT molecular complexity index is 307. The molecule has 0 aromatic heterocycles. The molecule has 2 atom stereocenters. The van der Waals surface area contributed by atoms with Gasteiger partial charge in [-0.1, -0.05) is 64.7 Å². The molecular weight excluding hydrogens is 346 g/mol. The van der Waals surface area contributed by atoms with E-state index in [9.17, 15) is 10.3 Å². The smallest absolute Gasteiger partial charge is 0.219 e. The van der Waals surface area contributed by atoms with Crippen molar-refractivity contribution in [1.82, 2.24) is 0 Å². The Morgan fingerprint density at radius 1 is 0.778 bits per heavy atom. The Hall–Kier alpha value is -0.240. The molecule has 0 saturated heterocycles. The van der Waals surface area contributed by atoms with E-state index in [0.717, 1.165) is 12.8 Å². The van der Waals surface area contributed by atoms with Crippen molar-refractivity contribution < 1.29 is 24.7 Å². The lowest BCUT2D eigenvalue weighted by atomic mass is 10.1. The summed E-state index contributed by atoms with van der Waals surface area (Å²) < 4.78 is 5.07. The lowest BCUT2D eigenvalue weighted by Crippen LogP contribution is -2.58. The molecule has 0 aromatic rings. The normalized spacial score (nSPS) is 14.4. The van der Waals surface area contributed by atoms with Gasteiger partial charge in [0.2, 0.25) is 6.23 Å². The Morgan fingerprint density at radius 3 is 1.63 bits per heavy atom. The Labute approximate surface area is 166 Å². The summed E-state index contributed by atoms with van der Waals surface area (Å²) in [5.41, 5.74) is 0. The highest BCUT2D eigenvalue weighted by Gasteiger charge is 2.33. The zero-order valence-corrected chi connectivity index (χ0v) is 17.8. The van der Waals surface area contributed by atoms with Crippen LogP contribution in [0.2, 0.25) is 0 Å². The third-order valence-corrected chi connectivity index (χ3v) is 5.05. The maximum atomic E-state index is 13.1. The van der Waals surface area contributed by atoms with E-state index in [-0.39, 0.29) is 26.3 Å². The van der Waals surface area contributed by atoms with Crippen molar-refractivity contribution in [2.45, 2.75) is 103 Å². The van der Waals surface area contributed by atoms with Gasteiger partial charge in [-0.05, 0) is 13.3 Å². The second-order valence-electron chi connectivity index (χ2n) is 7.74. The zero-order chi connectivity index (χ0) is 20.4. The van der Waals surface area contributed by atoms with Crippen LogP contribution in [0.5, 0.6) is 0 Å². The van der Waals surface area contributed by atoms with Gasteiger partial charge >= 0.3 is 0 Å².